The Bertz CT molecular complexity index is 1010. The third-order valence-electron chi connectivity index (χ3n) is 3.43. The van der Waals surface area contributed by atoms with E-state index in [1.165, 1.54) is 24.5 Å². The first-order valence-corrected chi connectivity index (χ1v) is 7.66. The second-order valence-corrected chi connectivity index (χ2v) is 5.69. The van der Waals surface area contributed by atoms with Gasteiger partial charge in [0.05, 0.1) is 5.39 Å². The Kier molecular flexibility index (Phi) is 4.63. The first-order valence-electron chi connectivity index (χ1n) is 7.28. The van der Waals surface area contributed by atoms with Crippen molar-refractivity contribution in [3.05, 3.63) is 63.5 Å². The summed E-state index contributed by atoms with van der Waals surface area (Å²) >= 11 is 5.97. The van der Waals surface area contributed by atoms with E-state index in [1.54, 1.807) is 18.2 Å². The Balaban J connectivity index is 1.91. The molecule has 6 nitrogen and oxygen atoms in total. The molecule has 0 aliphatic heterocycles. The molecule has 0 saturated carbocycles. The van der Waals surface area contributed by atoms with Gasteiger partial charge in [-0.1, -0.05) is 11.6 Å². The van der Waals surface area contributed by atoms with Crippen LogP contribution >= 0.6 is 11.6 Å². The number of hydrogen-bond donors (Lipinski definition) is 1. The minimum Gasteiger partial charge on any atom is -0.482 e. The first-order chi connectivity index (χ1) is 11.9. The van der Waals surface area contributed by atoms with Crippen LogP contribution in [-0.4, -0.2) is 17.7 Å². The number of rotatable bonds is 5. The van der Waals surface area contributed by atoms with E-state index in [1.807, 2.05) is 6.92 Å². The molecule has 128 valence electrons. The number of benzene rings is 2. The summed E-state index contributed by atoms with van der Waals surface area (Å²) in [4.78, 5) is 23.0. The quantitative estimate of drug-likeness (QED) is 0.739. The average Bonchev–Trinajstić information content (AvgIpc) is 2.58. The molecule has 1 aromatic heterocycles. The minimum atomic E-state index is -1.09. The lowest BCUT2D eigenvalue weighted by Crippen LogP contribution is -2.09. The molecule has 0 atom stereocenters. The highest BCUT2D eigenvalue weighted by Gasteiger charge is 2.11. The molecule has 0 aliphatic carbocycles. The number of ether oxygens (including phenoxy) is 2. The lowest BCUT2D eigenvalue weighted by molar-refractivity contribution is -0.139. The van der Waals surface area contributed by atoms with Crippen molar-refractivity contribution in [3.8, 4) is 17.2 Å². The van der Waals surface area contributed by atoms with Crippen molar-refractivity contribution in [1.82, 2.24) is 0 Å². The smallest absolute Gasteiger partial charge is 0.341 e. The fraction of sp³-hybridized carbons (Fsp3) is 0.111. The summed E-state index contributed by atoms with van der Waals surface area (Å²) < 4.78 is 16.1. The molecule has 1 heterocycles. The lowest BCUT2D eigenvalue weighted by atomic mass is 10.2. The van der Waals surface area contributed by atoms with Gasteiger partial charge in [0.15, 0.2) is 6.61 Å². The van der Waals surface area contributed by atoms with Gasteiger partial charge in [0.1, 0.15) is 23.3 Å². The summed E-state index contributed by atoms with van der Waals surface area (Å²) in [5.41, 5.74) is 0.746. The zero-order chi connectivity index (χ0) is 18.0. The number of carbonyl (C=O) groups is 1. The standard InChI is InChI=1S/C18H13ClO6/c1-10-6-12(3-5-14(10)19)25-16-8-24-15-7-11(23-9-17(20)21)2-4-13(15)18(16)22/h2-8H,9H2,1H3,(H,20,21). The topological polar surface area (TPSA) is 86.0 Å². The van der Waals surface area contributed by atoms with Crippen molar-refractivity contribution < 1.29 is 23.8 Å². The van der Waals surface area contributed by atoms with E-state index in [4.69, 9.17) is 30.6 Å². The Morgan fingerprint density at radius 3 is 2.68 bits per heavy atom. The van der Waals surface area contributed by atoms with Crippen LogP contribution < -0.4 is 14.9 Å². The number of aryl methyl sites for hydroxylation is 1. The van der Waals surface area contributed by atoms with Crippen molar-refractivity contribution in [1.29, 1.82) is 0 Å². The summed E-state index contributed by atoms with van der Waals surface area (Å²) in [7, 11) is 0. The fourth-order valence-electron chi connectivity index (χ4n) is 2.20. The lowest BCUT2D eigenvalue weighted by Gasteiger charge is -2.08. The fourth-order valence-corrected chi connectivity index (χ4v) is 2.32. The second kappa shape index (κ2) is 6.86. The number of carboxylic acids is 1. The van der Waals surface area contributed by atoms with Crippen LogP contribution in [0.1, 0.15) is 5.56 Å². The number of fused-ring (bicyclic) bond motifs is 1. The van der Waals surface area contributed by atoms with Gasteiger partial charge in [-0.3, -0.25) is 4.79 Å². The van der Waals surface area contributed by atoms with Crippen LogP contribution in [0, 0.1) is 6.92 Å². The summed E-state index contributed by atoms with van der Waals surface area (Å²) in [5, 5.41) is 9.52. The molecule has 0 aliphatic rings. The molecule has 25 heavy (non-hydrogen) atoms. The largest absolute Gasteiger partial charge is 0.482 e. The monoisotopic (exact) mass is 360 g/mol. The van der Waals surface area contributed by atoms with Crippen molar-refractivity contribution in [3.63, 3.8) is 0 Å². The molecule has 0 amide bonds. The van der Waals surface area contributed by atoms with Crippen LogP contribution in [0.2, 0.25) is 5.02 Å². The first kappa shape index (κ1) is 16.9. The van der Waals surface area contributed by atoms with Crippen LogP contribution in [0.5, 0.6) is 17.2 Å². The molecule has 3 rings (SSSR count). The van der Waals surface area contributed by atoms with Gasteiger partial charge in [-0.05, 0) is 42.8 Å². The Hall–Kier alpha value is -2.99. The maximum Gasteiger partial charge on any atom is 0.341 e. The van der Waals surface area contributed by atoms with Crippen molar-refractivity contribution in [2.24, 2.45) is 0 Å². The Labute approximate surface area is 147 Å². The van der Waals surface area contributed by atoms with Gasteiger partial charge in [0, 0.05) is 11.1 Å². The zero-order valence-corrected chi connectivity index (χ0v) is 13.9. The Morgan fingerprint density at radius 1 is 1.20 bits per heavy atom. The van der Waals surface area contributed by atoms with Crippen molar-refractivity contribution in [2.75, 3.05) is 6.61 Å². The van der Waals surface area contributed by atoms with Crippen molar-refractivity contribution >= 4 is 28.5 Å². The minimum absolute atomic E-state index is 0.0356. The molecule has 0 radical (unpaired) electrons. The number of halogens is 1. The highest BCUT2D eigenvalue weighted by Crippen LogP contribution is 2.26. The predicted molar refractivity (Wildman–Crippen MR) is 91.9 cm³/mol. The maximum absolute atomic E-state index is 12.5. The molecule has 3 aromatic rings. The van der Waals surface area contributed by atoms with Gasteiger partial charge in [-0.2, -0.15) is 0 Å². The summed E-state index contributed by atoms with van der Waals surface area (Å²) in [6.07, 6.45) is 1.20. The van der Waals surface area contributed by atoms with Crippen LogP contribution in [0.15, 0.2) is 51.9 Å². The summed E-state index contributed by atoms with van der Waals surface area (Å²) in [6, 6.07) is 9.50. The van der Waals surface area contributed by atoms with Crippen LogP contribution in [-0.2, 0) is 4.79 Å². The summed E-state index contributed by atoms with van der Waals surface area (Å²) in [5.74, 6) is -0.299. The van der Waals surface area contributed by atoms with Gasteiger partial charge < -0.3 is 19.0 Å². The van der Waals surface area contributed by atoms with E-state index in [0.29, 0.717) is 21.9 Å². The molecule has 0 unspecified atom stereocenters. The van der Waals surface area contributed by atoms with Gasteiger partial charge in [-0.15, -0.1) is 0 Å². The molecule has 0 saturated heterocycles. The van der Waals surface area contributed by atoms with E-state index >= 15 is 0 Å². The average molecular weight is 361 g/mol. The number of hydrogen-bond acceptors (Lipinski definition) is 5. The third kappa shape index (κ3) is 3.75. The molecular formula is C18H13ClO6. The summed E-state index contributed by atoms with van der Waals surface area (Å²) in [6.45, 7) is 1.35. The highest BCUT2D eigenvalue weighted by atomic mass is 35.5. The van der Waals surface area contributed by atoms with Crippen LogP contribution in [0.4, 0.5) is 0 Å². The predicted octanol–water partition coefficient (Wildman–Crippen LogP) is 4.01. The molecule has 7 heteroatoms. The van der Waals surface area contributed by atoms with E-state index in [9.17, 15) is 9.59 Å². The van der Waals surface area contributed by atoms with E-state index in [-0.39, 0.29) is 16.8 Å². The highest BCUT2D eigenvalue weighted by molar-refractivity contribution is 6.31. The Morgan fingerprint density at radius 2 is 1.96 bits per heavy atom. The van der Waals surface area contributed by atoms with Crippen molar-refractivity contribution in [2.45, 2.75) is 6.92 Å². The zero-order valence-electron chi connectivity index (χ0n) is 13.1. The third-order valence-corrected chi connectivity index (χ3v) is 3.86. The van der Waals surface area contributed by atoms with Gasteiger partial charge in [0.25, 0.3) is 0 Å². The van der Waals surface area contributed by atoms with E-state index < -0.39 is 12.6 Å². The molecule has 0 bridgehead atoms. The molecule has 0 spiro atoms. The number of aliphatic carboxylic acids is 1. The number of carboxylic acid groups (broad SMARTS) is 1. The SMILES string of the molecule is Cc1cc(Oc2coc3cc(OCC(=O)O)ccc3c2=O)ccc1Cl. The van der Waals surface area contributed by atoms with Gasteiger partial charge in [-0.25, -0.2) is 4.79 Å². The second-order valence-electron chi connectivity index (χ2n) is 5.28. The van der Waals surface area contributed by atoms with Gasteiger partial charge >= 0.3 is 5.97 Å². The van der Waals surface area contributed by atoms with Gasteiger partial charge in [0.2, 0.25) is 11.2 Å². The molecule has 2 aromatic carbocycles. The molecule has 0 fully saturated rings. The normalized spacial score (nSPS) is 10.6. The molecular weight excluding hydrogens is 348 g/mol. The molecule has 1 N–H and O–H groups in total. The van der Waals surface area contributed by atoms with Crippen LogP contribution in [0.3, 0.4) is 0 Å². The maximum atomic E-state index is 12.5. The van der Waals surface area contributed by atoms with E-state index in [2.05, 4.69) is 0 Å². The van der Waals surface area contributed by atoms with Crippen LogP contribution in [0.25, 0.3) is 11.0 Å². The van der Waals surface area contributed by atoms with E-state index in [0.717, 1.165) is 5.56 Å².